The average molecular weight is 235 g/mol. The molecule has 0 fully saturated rings. The van der Waals surface area contributed by atoms with Crippen LogP contribution in [0.25, 0.3) is 0 Å². The molecular formula is C13H17NO3. The number of carboxylic acid groups (broad SMARTS) is 1. The third-order valence-electron chi connectivity index (χ3n) is 2.50. The van der Waals surface area contributed by atoms with E-state index in [9.17, 15) is 9.59 Å². The molecular weight excluding hydrogens is 218 g/mol. The van der Waals surface area contributed by atoms with Crippen LogP contribution in [-0.4, -0.2) is 23.5 Å². The Kier molecular flexibility index (Phi) is 5.20. The SMILES string of the molecule is CCNC(=O)CC(CC(=O)O)c1ccccc1. The molecule has 0 aromatic heterocycles. The van der Waals surface area contributed by atoms with E-state index < -0.39 is 5.97 Å². The smallest absolute Gasteiger partial charge is 0.303 e. The first-order valence-electron chi connectivity index (χ1n) is 5.67. The van der Waals surface area contributed by atoms with E-state index in [1.54, 1.807) is 0 Å². The lowest BCUT2D eigenvalue weighted by molar-refractivity contribution is -0.137. The lowest BCUT2D eigenvalue weighted by Crippen LogP contribution is -2.25. The Morgan fingerprint density at radius 3 is 2.41 bits per heavy atom. The Morgan fingerprint density at radius 1 is 1.24 bits per heavy atom. The van der Waals surface area contributed by atoms with Gasteiger partial charge < -0.3 is 10.4 Å². The number of carbonyl (C=O) groups is 2. The highest BCUT2D eigenvalue weighted by molar-refractivity contribution is 5.78. The van der Waals surface area contributed by atoms with Crippen molar-refractivity contribution in [2.75, 3.05) is 6.54 Å². The standard InChI is InChI=1S/C13H17NO3/c1-2-14-12(15)8-11(9-13(16)17)10-6-4-3-5-7-10/h3-7,11H,2,8-9H2,1H3,(H,14,15)(H,16,17). The molecule has 2 N–H and O–H groups in total. The van der Waals surface area contributed by atoms with Gasteiger partial charge in [0.05, 0.1) is 6.42 Å². The maximum Gasteiger partial charge on any atom is 0.303 e. The summed E-state index contributed by atoms with van der Waals surface area (Å²) in [6.07, 6.45) is 0.186. The predicted molar refractivity (Wildman–Crippen MR) is 64.7 cm³/mol. The van der Waals surface area contributed by atoms with Gasteiger partial charge in [0.2, 0.25) is 5.91 Å². The first-order valence-corrected chi connectivity index (χ1v) is 5.67. The molecule has 0 saturated carbocycles. The van der Waals surface area contributed by atoms with Crippen LogP contribution in [0.15, 0.2) is 30.3 Å². The van der Waals surface area contributed by atoms with Gasteiger partial charge >= 0.3 is 5.97 Å². The zero-order valence-corrected chi connectivity index (χ0v) is 9.85. The molecule has 0 aliphatic rings. The molecule has 92 valence electrons. The molecule has 0 heterocycles. The zero-order chi connectivity index (χ0) is 12.7. The van der Waals surface area contributed by atoms with Gasteiger partial charge in [-0.2, -0.15) is 0 Å². The summed E-state index contributed by atoms with van der Waals surface area (Å²) in [5.74, 6) is -1.26. The molecule has 1 amide bonds. The van der Waals surface area contributed by atoms with Gasteiger partial charge in [0, 0.05) is 18.9 Å². The minimum absolute atomic E-state index is 0.0266. The number of amides is 1. The maximum absolute atomic E-state index is 11.5. The van der Waals surface area contributed by atoms with Gasteiger partial charge in [-0.15, -0.1) is 0 Å². The third-order valence-corrected chi connectivity index (χ3v) is 2.50. The second kappa shape index (κ2) is 6.68. The Morgan fingerprint density at radius 2 is 1.88 bits per heavy atom. The van der Waals surface area contributed by atoms with E-state index in [0.717, 1.165) is 5.56 Å². The lowest BCUT2D eigenvalue weighted by Gasteiger charge is -2.14. The highest BCUT2D eigenvalue weighted by atomic mass is 16.4. The van der Waals surface area contributed by atoms with Crippen molar-refractivity contribution in [1.82, 2.24) is 5.32 Å². The first kappa shape index (κ1) is 13.2. The Labute approximate surface area is 101 Å². The molecule has 1 rings (SSSR count). The van der Waals surface area contributed by atoms with Gasteiger partial charge in [0.15, 0.2) is 0 Å². The van der Waals surface area contributed by atoms with E-state index >= 15 is 0 Å². The summed E-state index contributed by atoms with van der Waals surface area (Å²) in [5, 5.41) is 11.5. The molecule has 1 aromatic rings. The molecule has 1 unspecified atom stereocenters. The van der Waals surface area contributed by atoms with Gasteiger partial charge in [-0.3, -0.25) is 9.59 Å². The molecule has 1 aromatic carbocycles. The molecule has 4 heteroatoms. The number of carboxylic acids is 1. The fourth-order valence-corrected chi connectivity index (χ4v) is 1.74. The van der Waals surface area contributed by atoms with Crippen LogP contribution in [0.3, 0.4) is 0 Å². The number of rotatable bonds is 6. The van der Waals surface area contributed by atoms with Crippen molar-refractivity contribution < 1.29 is 14.7 Å². The van der Waals surface area contributed by atoms with E-state index in [0.29, 0.717) is 6.54 Å². The van der Waals surface area contributed by atoms with Gasteiger partial charge in [0.1, 0.15) is 0 Å². The van der Waals surface area contributed by atoms with E-state index in [-0.39, 0.29) is 24.7 Å². The average Bonchev–Trinajstić information content (AvgIpc) is 2.29. The van der Waals surface area contributed by atoms with Crippen LogP contribution in [0.1, 0.15) is 31.2 Å². The first-order chi connectivity index (χ1) is 8.13. The molecule has 0 aliphatic carbocycles. The number of benzene rings is 1. The highest BCUT2D eigenvalue weighted by Gasteiger charge is 2.18. The molecule has 0 radical (unpaired) electrons. The monoisotopic (exact) mass is 235 g/mol. The van der Waals surface area contributed by atoms with Crippen LogP contribution >= 0.6 is 0 Å². The largest absolute Gasteiger partial charge is 0.481 e. The van der Waals surface area contributed by atoms with Crippen LogP contribution in [0.2, 0.25) is 0 Å². The van der Waals surface area contributed by atoms with Crippen molar-refractivity contribution in [3.8, 4) is 0 Å². The van der Waals surface area contributed by atoms with Gasteiger partial charge in [-0.05, 0) is 12.5 Å². The quantitative estimate of drug-likeness (QED) is 0.789. The summed E-state index contributed by atoms with van der Waals surface area (Å²) in [7, 11) is 0. The van der Waals surface area contributed by atoms with Crippen molar-refractivity contribution in [2.24, 2.45) is 0 Å². The summed E-state index contributed by atoms with van der Waals surface area (Å²) in [6.45, 7) is 2.40. The van der Waals surface area contributed by atoms with Gasteiger partial charge in [-0.25, -0.2) is 0 Å². The molecule has 0 bridgehead atoms. The molecule has 17 heavy (non-hydrogen) atoms. The number of nitrogens with one attached hydrogen (secondary N) is 1. The third kappa shape index (κ3) is 4.68. The van der Waals surface area contributed by atoms with E-state index in [2.05, 4.69) is 5.32 Å². The number of carbonyl (C=O) groups excluding carboxylic acids is 1. The van der Waals surface area contributed by atoms with Gasteiger partial charge in [-0.1, -0.05) is 30.3 Å². The number of aliphatic carboxylic acids is 1. The molecule has 0 aliphatic heterocycles. The second-order valence-electron chi connectivity index (χ2n) is 3.86. The summed E-state index contributed by atoms with van der Waals surface area (Å²) in [5.41, 5.74) is 0.890. The van der Waals surface area contributed by atoms with Crippen LogP contribution < -0.4 is 5.32 Å². The summed E-state index contributed by atoms with van der Waals surface area (Å²) in [4.78, 5) is 22.3. The number of hydrogen-bond donors (Lipinski definition) is 2. The van der Waals surface area contributed by atoms with Crippen molar-refractivity contribution in [3.05, 3.63) is 35.9 Å². The van der Waals surface area contributed by atoms with Crippen molar-refractivity contribution in [3.63, 3.8) is 0 Å². The van der Waals surface area contributed by atoms with E-state index in [4.69, 9.17) is 5.11 Å². The van der Waals surface area contributed by atoms with Crippen LogP contribution in [0.5, 0.6) is 0 Å². The minimum atomic E-state index is -0.886. The summed E-state index contributed by atoms with van der Waals surface area (Å²) < 4.78 is 0. The normalized spacial score (nSPS) is 11.8. The fourth-order valence-electron chi connectivity index (χ4n) is 1.74. The molecule has 1 atom stereocenters. The van der Waals surface area contributed by atoms with Crippen molar-refractivity contribution >= 4 is 11.9 Å². The van der Waals surface area contributed by atoms with Gasteiger partial charge in [0.25, 0.3) is 0 Å². The predicted octanol–water partition coefficient (Wildman–Crippen LogP) is 1.77. The van der Waals surface area contributed by atoms with Crippen LogP contribution in [0.4, 0.5) is 0 Å². The number of hydrogen-bond acceptors (Lipinski definition) is 2. The fraction of sp³-hybridized carbons (Fsp3) is 0.385. The Hall–Kier alpha value is -1.84. The Balaban J connectivity index is 2.74. The lowest BCUT2D eigenvalue weighted by atomic mass is 9.92. The minimum Gasteiger partial charge on any atom is -0.481 e. The van der Waals surface area contributed by atoms with Crippen LogP contribution in [-0.2, 0) is 9.59 Å². The summed E-state index contributed by atoms with van der Waals surface area (Å²) >= 11 is 0. The molecule has 0 saturated heterocycles. The van der Waals surface area contributed by atoms with Crippen molar-refractivity contribution in [1.29, 1.82) is 0 Å². The Bertz CT molecular complexity index is 376. The molecule has 0 spiro atoms. The zero-order valence-electron chi connectivity index (χ0n) is 9.85. The second-order valence-corrected chi connectivity index (χ2v) is 3.86. The highest BCUT2D eigenvalue weighted by Crippen LogP contribution is 2.23. The maximum atomic E-state index is 11.5. The van der Waals surface area contributed by atoms with Crippen molar-refractivity contribution in [2.45, 2.75) is 25.7 Å². The molecule has 4 nitrogen and oxygen atoms in total. The van der Waals surface area contributed by atoms with E-state index in [1.165, 1.54) is 0 Å². The van der Waals surface area contributed by atoms with Crippen LogP contribution in [0, 0.1) is 0 Å². The topological polar surface area (TPSA) is 66.4 Å². The summed E-state index contributed by atoms with van der Waals surface area (Å²) in [6, 6.07) is 9.27. The van der Waals surface area contributed by atoms with E-state index in [1.807, 2.05) is 37.3 Å².